The average Bonchev–Trinajstić information content (AvgIpc) is 3.13. The number of sulfonamides is 1. The molecular weight excluding hydrogens is 320 g/mol. The van der Waals surface area contributed by atoms with Gasteiger partial charge in [-0.3, -0.25) is 9.52 Å². The molecule has 0 saturated heterocycles. The number of nitrogens with one attached hydrogen (secondary N) is 1. The van der Waals surface area contributed by atoms with Crippen LogP contribution in [-0.4, -0.2) is 20.9 Å². The summed E-state index contributed by atoms with van der Waals surface area (Å²) in [6, 6.07) is 7.01. The van der Waals surface area contributed by atoms with Crippen molar-refractivity contribution in [2.45, 2.75) is 23.5 Å². The van der Waals surface area contributed by atoms with Crippen LogP contribution in [0, 0.1) is 0 Å². The number of benzene rings is 1. The lowest BCUT2D eigenvalue weighted by molar-refractivity contribution is -0.118. The number of carbonyl (C=O) groups excluding carboxylic acids is 1. The molecule has 0 unspecified atom stereocenters. The second kappa shape index (κ2) is 4.82. The van der Waals surface area contributed by atoms with Gasteiger partial charge in [0.1, 0.15) is 4.21 Å². The summed E-state index contributed by atoms with van der Waals surface area (Å²) in [5, 5.41) is 1.74. The summed E-state index contributed by atoms with van der Waals surface area (Å²) in [7, 11) is -3.53. The molecule has 2 aliphatic heterocycles. The smallest absolute Gasteiger partial charge is 0.271 e. The molecule has 114 valence electrons. The first-order valence-corrected chi connectivity index (χ1v) is 9.43. The summed E-state index contributed by atoms with van der Waals surface area (Å²) in [6.45, 7) is 0.697. The van der Waals surface area contributed by atoms with Gasteiger partial charge in [-0.05, 0) is 47.5 Å². The van der Waals surface area contributed by atoms with Crippen molar-refractivity contribution in [2.75, 3.05) is 16.2 Å². The third-order valence-electron chi connectivity index (χ3n) is 4.06. The summed E-state index contributed by atoms with van der Waals surface area (Å²) < 4.78 is 27.6. The minimum Gasteiger partial charge on any atom is -0.312 e. The number of hydrogen-bond acceptors (Lipinski definition) is 4. The summed E-state index contributed by atoms with van der Waals surface area (Å²) in [5.41, 5.74) is 3.68. The predicted octanol–water partition coefficient (Wildman–Crippen LogP) is 2.38. The number of amides is 1. The van der Waals surface area contributed by atoms with E-state index in [2.05, 4.69) is 4.72 Å². The molecule has 2 aromatic rings. The van der Waals surface area contributed by atoms with Crippen molar-refractivity contribution >= 4 is 38.6 Å². The van der Waals surface area contributed by atoms with Crippen LogP contribution in [0.3, 0.4) is 0 Å². The normalized spacial score (nSPS) is 16.7. The highest BCUT2D eigenvalue weighted by atomic mass is 32.2. The molecule has 1 amide bonds. The topological polar surface area (TPSA) is 66.5 Å². The lowest BCUT2D eigenvalue weighted by atomic mass is 9.99. The second-order valence-electron chi connectivity index (χ2n) is 5.48. The van der Waals surface area contributed by atoms with Crippen LogP contribution < -0.4 is 9.62 Å². The average molecular weight is 334 g/mol. The van der Waals surface area contributed by atoms with Gasteiger partial charge in [0, 0.05) is 18.7 Å². The first kappa shape index (κ1) is 13.8. The van der Waals surface area contributed by atoms with E-state index in [9.17, 15) is 13.2 Å². The molecule has 1 aromatic carbocycles. The van der Waals surface area contributed by atoms with Crippen LogP contribution in [0.4, 0.5) is 11.4 Å². The van der Waals surface area contributed by atoms with E-state index in [1.54, 1.807) is 17.5 Å². The zero-order chi connectivity index (χ0) is 15.3. The van der Waals surface area contributed by atoms with Gasteiger partial charge in [0.15, 0.2) is 0 Å². The first-order chi connectivity index (χ1) is 10.5. The van der Waals surface area contributed by atoms with Gasteiger partial charge in [-0.25, -0.2) is 8.42 Å². The molecule has 0 fully saturated rings. The highest BCUT2D eigenvalue weighted by Crippen LogP contribution is 2.39. The molecule has 7 heteroatoms. The number of hydrogen-bond donors (Lipinski definition) is 1. The van der Waals surface area contributed by atoms with Gasteiger partial charge >= 0.3 is 0 Å². The molecule has 0 radical (unpaired) electrons. The monoisotopic (exact) mass is 334 g/mol. The van der Waals surface area contributed by atoms with Crippen molar-refractivity contribution < 1.29 is 13.2 Å². The van der Waals surface area contributed by atoms with E-state index in [1.807, 2.05) is 17.0 Å². The number of carbonyl (C=O) groups is 1. The molecular formula is C15H14N2O3S2. The third kappa shape index (κ3) is 2.12. The lowest BCUT2D eigenvalue weighted by Crippen LogP contribution is -2.32. The summed E-state index contributed by atoms with van der Waals surface area (Å²) in [4.78, 5) is 13.7. The van der Waals surface area contributed by atoms with Gasteiger partial charge < -0.3 is 4.90 Å². The Hall–Kier alpha value is -1.86. The standard InChI is InChI=1S/C15H14N2O3S2/c18-13-4-3-10-8-12(9-11-5-6-17(13)15(10)11)16-22(19,20)14-2-1-7-21-14/h1-2,7-9,16H,3-6H2. The quantitative estimate of drug-likeness (QED) is 0.937. The second-order valence-corrected chi connectivity index (χ2v) is 8.33. The summed E-state index contributed by atoms with van der Waals surface area (Å²) in [6.07, 6.45) is 1.95. The number of aryl methyl sites for hydroxylation is 1. The van der Waals surface area contributed by atoms with Gasteiger partial charge in [0.25, 0.3) is 10.0 Å². The van der Waals surface area contributed by atoms with Crippen LogP contribution >= 0.6 is 11.3 Å². The summed E-state index contributed by atoms with van der Waals surface area (Å²) in [5.74, 6) is 0.165. The van der Waals surface area contributed by atoms with Gasteiger partial charge in [-0.2, -0.15) is 0 Å². The van der Waals surface area contributed by atoms with Crippen molar-refractivity contribution in [3.63, 3.8) is 0 Å². The predicted molar refractivity (Wildman–Crippen MR) is 85.9 cm³/mol. The number of rotatable bonds is 3. The minimum atomic E-state index is -3.53. The lowest BCUT2D eigenvalue weighted by Gasteiger charge is -2.25. The number of thiophene rings is 1. The highest BCUT2D eigenvalue weighted by Gasteiger charge is 2.31. The van der Waals surface area contributed by atoms with Crippen molar-refractivity contribution in [3.05, 3.63) is 40.8 Å². The minimum absolute atomic E-state index is 0.165. The highest BCUT2D eigenvalue weighted by molar-refractivity contribution is 7.94. The third-order valence-corrected chi connectivity index (χ3v) is 6.84. The van der Waals surface area contributed by atoms with Crippen LogP contribution in [0.25, 0.3) is 0 Å². The number of nitrogens with zero attached hydrogens (tertiary/aromatic N) is 1. The number of anilines is 2. The first-order valence-electron chi connectivity index (χ1n) is 7.07. The fourth-order valence-electron chi connectivity index (χ4n) is 3.14. The molecule has 4 rings (SSSR count). The van der Waals surface area contributed by atoms with E-state index in [4.69, 9.17) is 0 Å². The Labute approximate surface area is 132 Å². The zero-order valence-electron chi connectivity index (χ0n) is 11.7. The van der Waals surface area contributed by atoms with Crippen LogP contribution in [-0.2, 0) is 27.7 Å². The Balaban J connectivity index is 1.72. The molecule has 0 aliphatic carbocycles. The molecule has 1 aromatic heterocycles. The SMILES string of the molecule is O=C1CCc2cc(NS(=O)(=O)c3cccs3)cc3c2N1CC3. The van der Waals surface area contributed by atoms with Crippen LogP contribution in [0.2, 0.25) is 0 Å². The summed E-state index contributed by atoms with van der Waals surface area (Å²) >= 11 is 1.19. The van der Waals surface area contributed by atoms with E-state index in [-0.39, 0.29) is 5.91 Å². The van der Waals surface area contributed by atoms with Gasteiger partial charge in [0.2, 0.25) is 5.91 Å². The van der Waals surface area contributed by atoms with Crippen LogP contribution in [0.5, 0.6) is 0 Å². The molecule has 2 aliphatic rings. The Bertz CT molecular complexity index is 857. The van der Waals surface area contributed by atoms with Crippen molar-refractivity contribution in [2.24, 2.45) is 0 Å². The molecule has 0 bridgehead atoms. The molecule has 22 heavy (non-hydrogen) atoms. The Morgan fingerprint density at radius 2 is 1.91 bits per heavy atom. The van der Waals surface area contributed by atoms with Crippen molar-refractivity contribution in [1.82, 2.24) is 0 Å². The van der Waals surface area contributed by atoms with E-state index < -0.39 is 10.0 Å². The van der Waals surface area contributed by atoms with E-state index in [0.29, 0.717) is 29.3 Å². The Kier molecular flexibility index (Phi) is 3.02. The molecule has 0 atom stereocenters. The van der Waals surface area contributed by atoms with Gasteiger partial charge in [-0.1, -0.05) is 6.07 Å². The molecule has 5 nitrogen and oxygen atoms in total. The van der Waals surface area contributed by atoms with Gasteiger partial charge in [0.05, 0.1) is 5.69 Å². The van der Waals surface area contributed by atoms with Crippen LogP contribution in [0.1, 0.15) is 17.5 Å². The fraction of sp³-hybridized carbons (Fsp3) is 0.267. The molecule has 0 spiro atoms. The largest absolute Gasteiger partial charge is 0.312 e. The molecule has 1 N–H and O–H groups in total. The molecule has 3 heterocycles. The maximum atomic E-state index is 12.3. The van der Waals surface area contributed by atoms with Gasteiger partial charge in [-0.15, -0.1) is 11.3 Å². The Morgan fingerprint density at radius 3 is 2.64 bits per heavy atom. The van der Waals surface area contributed by atoms with E-state index in [1.165, 1.54) is 11.3 Å². The molecule has 0 saturated carbocycles. The fourth-order valence-corrected chi connectivity index (χ4v) is 5.17. The van der Waals surface area contributed by atoms with Crippen LogP contribution in [0.15, 0.2) is 33.9 Å². The maximum Gasteiger partial charge on any atom is 0.271 e. The van der Waals surface area contributed by atoms with Crippen molar-refractivity contribution in [1.29, 1.82) is 0 Å². The maximum absolute atomic E-state index is 12.3. The van der Waals surface area contributed by atoms with E-state index >= 15 is 0 Å². The van der Waals surface area contributed by atoms with Crippen molar-refractivity contribution in [3.8, 4) is 0 Å². The zero-order valence-corrected chi connectivity index (χ0v) is 13.3. The Morgan fingerprint density at radius 1 is 1.14 bits per heavy atom. The van der Waals surface area contributed by atoms with E-state index in [0.717, 1.165) is 23.2 Å².